The van der Waals surface area contributed by atoms with Crippen LogP contribution in [0.5, 0.6) is 0 Å². The third-order valence-electron chi connectivity index (χ3n) is 6.47. The average molecular weight is 513 g/mol. The number of nitrogens with zero attached hydrogens (tertiary/aromatic N) is 4. The van der Waals surface area contributed by atoms with Crippen molar-refractivity contribution >= 4 is 34.6 Å². The van der Waals surface area contributed by atoms with Crippen LogP contribution >= 0.6 is 12.2 Å². The Bertz CT molecular complexity index is 1410. The molecule has 0 radical (unpaired) electrons. The zero-order chi connectivity index (χ0) is 25.9. The maximum absolute atomic E-state index is 11.9. The first-order valence-electron chi connectivity index (χ1n) is 12.0. The van der Waals surface area contributed by atoms with Crippen LogP contribution in [0.15, 0.2) is 79.1 Å². The van der Waals surface area contributed by atoms with Crippen molar-refractivity contribution in [3.8, 4) is 5.82 Å². The fraction of sp³-hybridized carbons (Fsp3) is 0.214. The molecule has 9 heteroatoms. The molecule has 4 aromatic rings. The highest BCUT2D eigenvalue weighted by molar-refractivity contribution is 7.80. The molecule has 1 aromatic carbocycles. The Morgan fingerprint density at radius 1 is 1.05 bits per heavy atom. The third-order valence-corrected chi connectivity index (χ3v) is 6.78. The number of aromatic nitrogens is 3. The normalized spacial score (nSPS) is 17.1. The van der Waals surface area contributed by atoms with E-state index in [-0.39, 0.29) is 24.6 Å². The number of nitrogens with one attached hydrogen (secondary N) is 2. The Morgan fingerprint density at radius 3 is 2.43 bits per heavy atom. The summed E-state index contributed by atoms with van der Waals surface area (Å²) in [4.78, 5) is 23.3. The molecule has 2 unspecified atom stereocenters. The Labute approximate surface area is 221 Å². The van der Waals surface area contributed by atoms with E-state index in [0.717, 1.165) is 34.2 Å². The topological polar surface area (TPSA) is 84.3 Å². The molecule has 37 heavy (non-hydrogen) atoms. The molecule has 1 aliphatic heterocycles. The summed E-state index contributed by atoms with van der Waals surface area (Å²) in [6.07, 6.45) is 3.60. The van der Waals surface area contributed by atoms with E-state index in [2.05, 4.69) is 50.0 Å². The second kappa shape index (κ2) is 10.5. The van der Waals surface area contributed by atoms with Crippen LogP contribution in [0.3, 0.4) is 0 Å². The molecule has 0 saturated carbocycles. The predicted octanol–water partition coefficient (Wildman–Crippen LogP) is 4.65. The van der Waals surface area contributed by atoms with Crippen molar-refractivity contribution in [1.82, 2.24) is 19.9 Å². The molecule has 1 aliphatic rings. The van der Waals surface area contributed by atoms with Crippen LogP contribution in [-0.4, -0.2) is 39.3 Å². The smallest absolute Gasteiger partial charge is 0.250 e. The van der Waals surface area contributed by atoms with Gasteiger partial charge in [-0.05, 0) is 86.2 Å². The van der Waals surface area contributed by atoms with Crippen LogP contribution in [0.1, 0.15) is 34.7 Å². The monoisotopic (exact) mass is 512 g/mol. The lowest BCUT2D eigenvalue weighted by molar-refractivity contribution is -0.119. The number of aryl methyl sites for hydroxylation is 1. The van der Waals surface area contributed by atoms with Crippen LogP contribution in [0.4, 0.5) is 11.4 Å². The fourth-order valence-corrected chi connectivity index (χ4v) is 5.25. The Hall–Kier alpha value is -4.08. The lowest BCUT2D eigenvalue weighted by Gasteiger charge is -2.28. The number of thiocarbonyl (C=S) groups is 1. The molecule has 8 nitrogen and oxygen atoms in total. The average Bonchev–Trinajstić information content (AvgIpc) is 3.40. The standard InChI is InChI=1S/C28H28N6O2S/c1-18-16-22(19(2)33(18)24-9-5-7-15-30-24)27-26(23-8-4-6-14-29-23)32-28(37)34(27)21-12-10-20(11-13-21)31-25(35)17-36-3/h4-16,26-27H,17H2,1-3H3,(H,31,35)(H,32,37). The summed E-state index contributed by atoms with van der Waals surface area (Å²) in [5.74, 6) is 0.665. The maximum atomic E-state index is 11.9. The van der Waals surface area contributed by atoms with Gasteiger partial charge in [0.05, 0.1) is 17.8 Å². The first-order valence-corrected chi connectivity index (χ1v) is 12.4. The Morgan fingerprint density at radius 2 is 1.78 bits per heavy atom. The molecule has 1 saturated heterocycles. The largest absolute Gasteiger partial charge is 0.375 e. The van der Waals surface area contributed by atoms with Crippen molar-refractivity contribution in [3.63, 3.8) is 0 Å². The molecule has 0 aliphatic carbocycles. The highest BCUT2D eigenvalue weighted by Crippen LogP contribution is 2.43. The molecule has 5 rings (SSSR count). The third kappa shape index (κ3) is 4.83. The molecule has 2 atom stereocenters. The highest BCUT2D eigenvalue weighted by Gasteiger charge is 2.42. The van der Waals surface area contributed by atoms with Crippen LogP contribution < -0.4 is 15.5 Å². The summed E-state index contributed by atoms with van der Waals surface area (Å²) in [5.41, 5.74) is 5.80. The number of amides is 1. The lowest BCUT2D eigenvalue weighted by atomic mass is 9.96. The summed E-state index contributed by atoms with van der Waals surface area (Å²) >= 11 is 5.87. The summed E-state index contributed by atoms with van der Waals surface area (Å²) in [5, 5.41) is 6.96. The van der Waals surface area contributed by atoms with Crippen LogP contribution in [-0.2, 0) is 9.53 Å². The number of rotatable bonds is 7. The van der Waals surface area contributed by atoms with Gasteiger partial charge in [-0.2, -0.15) is 0 Å². The van der Waals surface area contributed by atoms with Gasteiger partial charge < -0.3 is 24.8 Å². The Balaban J connectivity index is 1.57. The first kappa shape index (κ1) is 24.6. The van der Waals surface area contributed by atoms with Crippen LogP contribution in [0.2, 0.25) is 0 Å². The molecule has 0 spiro atoms. The van der Waals surface area contributed by atoms with Gasteiger partial charge in [0.15, 0.2) is 5.11 Å². The van der Waals surface area contributed by atoms with E-state index in [9.17, 15) is 4.79 Å². The first-order chi connectivity index (χ1) is 18.0. The number of methoxy groups -OCH3 is 1. The van der Waals surface area contributed by atoms with E-state index in [1.165, 1.54) is 7.11 Å². The van der Waals surface area contributed by atoms with E-state index in [1.54, 1.807) is 12.4 Å². The molecule has 3 aromatic heterocycles. The van der Waals surface area contributed by atoms with Crippen LogP contribution in [0, 0.1) is 13.8 Å². The quantitative estimate of drug-likeness (QED) is 0.349. The zero-order valence-corrected chi connectivity index (χ0v) is 21.7. The molecular formula is C28H28N6O2S. The summed E-state index contributed by atoms with van der Waals surface area (Å²) in [6.45, 7) is 4.20. The van der Waals surface area contributed by atoms with Crippen molar-refractivity contribution in [1.29, 1.82) is 0 Å². The molecule has 1 fully saturated rings. The van der Waals surface area contributed by atoms with E-state index >= 15 is 0 Å². The van der Waals surface area contributed by atoms with Crippen molar-refractivity contribution in [2.24, 2.45) is 0 Å². The minimum absolute atomic E-state index is 0.00159. The number of hydrogen-bond donors (Lipinski definition) is 2. The minimum atomic E-state index is -0.205. The summed E-state index contributed by atoms with van der Waals surface area (Å²) < 4.78 is 7.07. The fourth-order valence-electron chi connectivity index (χ4n) is 4.91. The molecular weight excluding hydrogens is 484 g/mol. The highest BCUT2D eigenvalue weighted by atomic mass is 32.1. The lowest BCUT2D eigenvalue weighted by Crippen LogP contribution is -2.29. The van der Waals surface area contributed by atoms with Crippen molar-refractivity contribution in [3.05, 3.63) is 102 Å². The van der Waals surface area contributed by atoms with Gasteiger partial charge in [0.1, 0.15) is 12.4 Å². The number of hydrogen-bond acceptors (Lipinski definition) is 5. The molecule has 1 amide bonds. The van der Waals surface area contributed by atoms with E-state index in [1.807, 2.05) is 60.7 Å². The second-order valence-electron chi connectivity index (χ2n) is 8.87. The van der Waals surface area contributed by atoms with Gasteiger partial charge in [0, 0.05) is 42.3 Å². The molecule has 2 N–H and O–H groups in total. The predicted molar refractivity (Wildman–Crippen MR) is 148 cm³/mol. The van der Waals surface area contributed by atoms with Gasteiger partial charge in [-0.1, -0.05) is 12.1 Å². The van der Waals surface area contributed by atoms with Crippen molar-refractivity contribution < 1.29 is 9.53 Å². The SMILES string of the molecule is COCC(=O)Nc1ccc(N2C(=S)NC(c3ccccn3)C2c2cc(C)n(-c3ccccn3)c2C)cc1. The van der Waals surface area contributed by atoms with Gasteiger partial charge >= 0.3 is 0 Å². The van der Waals surface area contributed by atoms with Crippen LogP contribution in [0.25, 0.3) is 5.82 Å². The molecule has 0 bridgehead atoms. The maximum Gasteiger partial charge on any atom is 0.250 e. The summed E-state index contributed by atoms with van der Waals surface area (Å²) in [6, 6.07) is 21.4. The molecule has 188 valence electrons. The van der Waals surface area contributed by atoms with E-state index < -0.39 is 0 Å². The number of ether oxygens (including phenoxy) is 1. The van der Waals surface area contributed by atoms with Gasteiger partial charge in [-0.3, -0.25) is 9.78 Å². The van der Waals surface area contributed by atoms with Gasteiger partial charge in [0.25, 0.3) is 0 Å². The Kier molecular flexibility index (Phi) is 6.98. The minimum Gasteiger partial charge on any atom is -0.375 e. The number of pyridine rings is 2. The van der Waals surface area contributed by atoms with Gasteiger partial charge in [-0.15, -0.1) is 0 Å². The summed E-state index contributed by atoms with van der Waals surface area (Å²) in [7, 11) is 1.49. The molecule has 4 heterocycles. The number of anilines is 2. The second-order valence-corrected chi connectivity index (χ2v) is 9.26. The number of carbonyl (C=O) groups excluding carboxylic acids is 1. The zero-order valence-electron chi connectivity index (χ0n) is 20.9. The van der Waals surface area contributed by atoms with Crippen molar-refractivity contribution in [2.45, 2.75) is 25.9 Å². The van der Waals surface area contributed by atoms with Crippen molar-refractivity contribution in [2.75, 3.05) is 23.9 Å². The van der Waals surface area contributed by atoms with Gasteiger partial charge in [0.2, 0.25) is 5.91 Å². The van der Waals surface area contributed by atoms with Gasteiger partial charge in [-0.25, -0.2) is 4.98 Å². The van der Waals surface area contributed by atoms with E-state index in [4.69, 9.17) is 17.0 Å². The van der Waals surface area contributed by atoms with E-state index in [0.29, 0.717) is 10.8 Å². The number of carbonyl (C=O) groups is 1. The number of benzene rings is 1.